The van der Waals surface area contributed by atoms with Crippen LogP contribution in [0, 0.1) is 0 Å². The van der Waals surface area contributed by atoms with Crippen molar-refractivity contribution < 1.29 is 14.3 Å². The maximum atomic E-state index is 13.0. The maximum Gasteiger partial charge on any atom is 0.257 e. The number of hydrogen-bond acceptors (Lipinski definition) is 4. The van der Waals surface area contributed by atoms with Gasteiger partial charge in [-0.1, -0.05) is 30.3 Å². The third kappa shape index (κ3) is 2.16. The van der Waals surface area contributed by atoms with Crippen LogP contribution in [0.15, 0.2) is 48.5 Å². The summed E-state index contributed by atoms with van der Waals surface area (Å²) in [5.74, 6) is 0.168. The van der Waals surface area contributed by atoms with E-state index < -0.39 is 6.04 Å². The second-order valence-electron chi connectivity index (χ2n) is 6.03. The van der Waals surface area contributed by atoms with Gasteiger partial charge in [0, 0.05) is 12.2 Å². The lowest BCUT2D eigenvalue weighted by Crippen LogP contribution is -2.41. The summed E-state index contributed by atoms with van der Waals surface area (Å²) in [6.45, 7) is 0.767. The van der Waals surface area contributed by atoms with E-state index >= 15 is 0 Å². The van der Waals surface area contributed by atoms with Crippen molar-refractivity contribution in [3.8, 4) is 5.75 Å². The molecular weight excluding hydrogens is 304 g/mol. The van der Waals surface area contributed by atoms with Gasteiger partial charge in [-0.25, -0.2) is 4.90 Å². The van der Waals surface area contributed by atoms with Gasteiger partial charge < -0.3 is 9.64 Å². The average Bonchev–Trinajstić information content (AvgIpc) is 3.15. The van der Waals surface area contributed by atoms with Gasteiger partial charge in [0.1, 0.15) is 11.8 Å². The minimum Gasteiger partial charge on any atom is -0.495 e. The minimum absolute atomic E-state index is 0.179. The summed E-state index contributed by atoms with van der Waals surface area (Å²) >= 11 is 0. The molecule has 5 heteroatoms. The van der Waals surface area contributed by atoms with E-state index in [9.17, 15) is 9.59 Å². The Morgan fingerprint density at radius 2 is 1.71 bits per heavy atom. The van der Waals surface area contributed by atoms with Crippen LogP contribution in [-0.2, 0) is 16.0 Å². The van der Waals surface area contributed by atoms with Crippen LogP contribution in [-0.4, -0.2) is 31.5 Å². The minimum atomic E-state index is -0.439. The summed E-state index contributed by atoms with van der Waals surface area (Å²) in [5.41, 5.74) is 2.81. The largest absolute Gasteiger partial charge is 0.495 e. The highest BCUT2D eigenvalue weighted by molar-refractivity contribution is 6.24. The number of imide groups is 1. The van der Waals surface area contributed by atoms with Crippen molar-refractivity contribution in [2.45, 2.75) is 18.9 Å². The van der Waals surface area contributed by atoms with E-state index in [-0.39, 0.29) is 18.2 Å². The molecule has 2 amide bonds. The molecular formula is C19H18N2O3. The van der Waals surface area contributed by atoms with E-state index in [0.717, 1.165) is 18.7 Å². The molecule has 0 unspecified atom stereocenters. The first-order valence-corrected chi connectivity index (χ1v) is 8.05. The number of fused-ring (bicyclic) bond motifs is 1. The van der Waals surface area contributed by atoms with Crippen molar-refractivity contribution in [1.82, 2.24) is 0 Å². The fraction of sp³-hybridized carbons (Fsp3) is 0.263. The molecule has 0 aromatic heterocycles. The van der Waals surface area contributed by atoms with Crippen LogP contribution in [0.4, 0.5) is 11.4 Å². The quantitative estimate of drug-likeness (QED) is 0.814. The first kappa shape index (κ1) is 14.8. The van der Waals surface area contributed by atoms with Crippen LogP contribution < -0.4 is 14.5 Å². The van der Waals surface area contributed by atoms with Crippen molar-refractivity contribution in [3.05, 3.63) is 54.1 Å². The fourth-order valence-corrected chi connectivity index (χ4v) is 3.61. The Hall–Kier alpha value is -2.82. The smallest absolute Gasteiger partial charge is 0.257 e. The van der Waals surface area contributed by atoms with Gasteiger partial charge >= 0.3 is 0 Å². The highest BCUT2D eigenvalue weighted by atomic mass is 16.5. The van der Waals surface area contributed by atoms with Gasteiger partial charge in [-0.2, -0.15) is 0 Å². The first-order valence-electron chi connectivity index (χ1n) is 8.05. The zero-order valence-corrected chi connectivity index (χ0v) is 13.4. The number of anilines is 2. The Morgan fingerprint density at radius 1 is 1.00 bits per heavy atom. The lowest BCUT2D eigenvalue weighted by molar-refractivity contribution is -0.121. The summed E-state index contributed by atoms with van der Waals surface area (Å²) in [6.07, 6.45) is 1.11. The Morgan fingerprint density at radius 3 is 2.50 bits per heavy atom. The Labute approximate surface area is 140 Å². The number of nitrogens with zero attached hydrogens (tertiary/aromatic N) is 2. The third-order valence-electron chi connectivity index (χ3n) is 4.75. The van der Waals surface area contributed by atoms with Crippen LogP contribution in [0.2, 0.25) is 0 Å². The van der Waals surface area contributed by atoms with Crippen molar-refractivity contribution in [2.24, 2.45) is 0 Å². The number of ether oxygens (including phenoxy) is 1. The number of rotatable bonds is 3. The molecule has 5 nitrogen and oxygen atoms in total. The number of carbonyl (C=O) groups excluding carboxylic acids is 2. The predicted octanol–water partition coefficient (Wildman–Crippen LogP) is 2.39. The van der Waals surface area contributed by atoms with Crippen molar-refractivity contribution in [2.75, 3.05) is 23.5 Å². The molecule has 1 fully saturated rings. The second-order valence-corrected chi connectivity index (χ2v) is 6.03. The molecule has 1 saturated heterocycles. The summed E-state index contributed by atoms with van der Waals surface area (Å²) in [4.78, 5) is 28.9. The maximum absolute atomic E-state index is 13.0. The zero-order valence-electron chi connectivity index (χ0n) is 13.4. The topological polar surface area (TPSA) is 49.9 Å². The van der Waals surface area contributed by atoms with Crippen LogP contribution in [0.5, 0.6) is 5.75 Å². The number of hydrogen-bond donors (Lipinski definition) is 0. The van der Waals surface area contributed by atoms with Gasteiger partial charge in [0.2, 0.25) is 5.91 Å². The molecule has 2 aromatic carbocycles. The lowest BCUT2D eigenvalue weighted by Gasteiger charge is -2.25. The predicted molar refractivity (Wildman–Crippen MR) is 91.4 cm³/mol. The van der Waals surface area contributed by atoms with Gasteiger partial charge in [0.25, 0.3) is 5.91 Å². The number of carbonyl (C=O) groups is 2. The van der Waals surface area contributed by atoms with Gasteiger partial charge in [-0.05, 0) is 30.2 Å². The summed E-state index contributed by atoms with van der Waals surface area (Å²) in [7, 11) is 1.54. The van der Waals surface area contributed by atoms with E-state index in [1.807, 2.05) is 24.3 Å². The molecule has 0 aliphatic carbocycles. The normalized spacial score (nSPS) is 19.8. The Balaban J connectivity index is 1.68. The standard InChI is InChI=1S/C19H18N2O3/c1-24-17-9-5-4-8-15(17)21-18(22)12-16(19(21)23)20-11-10-13-6-2-3-7-14(13)20/h2-9,16H,10-12H2,1H3/t16-/m0/s1. The van der Waals surface area contributed by atoms with Crippen molar-refractivity contribution in [3.63, 3.8) is 0 Å². The molecule has 1 atom stereocenters. The van der Waals surface area contributed by atoms with Crippen LogP contribution >= 0.6 is 0 Å². The second kappa shape index (κ2) is 5.67. The molecule has 122 valence electrons. The summed E-state index contributed by atoms with van der Waals surface area (Å²) in [5, 5.41) is 0. The van der Waals surface area contributed by atoms with Crippen molar-refractivity contribution >= 4 is 23.2 Å². The molecule has 0 spiro atoms. The van der Waals surface area contributed by atoms with E-state index in [1.165, 1.54) is 17.6 Å². The molecule has 0 saturated carbocycles. The lowest BCUT2D eigenvalue weighted by atomic mass is 10.1. The fourth-order valence-electron chi connectivity index (χ4n) is 3.61. The van der Waals surface area contributed by atoms with E-state index in [4.69, 9.17) is 4.74 Å². The highest BCUT2D eigenvalue weighted by Gasteiger charge is 2.45. The molecule has 2 heterocycles. The number of para-hydroxylation sites is 3. The van der Waals surface area contributed by atoms with E-state index in [2.05, 4.69) is 11.0 Å². The van der Waals surface area contributed by atoms with Crippen LogP contribution in [0.3, 0.4) is 0 Å². The zero-order chi connectivity index (χ0) is 16.7. The van der Waals surface area contributed by atoms with Gasteiger partial charge in [-0.3, -0.25) is 9.59 Å². The third-order valence-corrected chi connectivity index (χ3v) is 4.75. The number of amides is 2. The van der Waals surface area contributed by atoms with Crippen LogP contribution in [0.1, 0.15) is 12.0 Å². The highest BCUT2D eigenvalue weighted by Crippen LogP contribution is 2.36. The Kier molecular flexibility index (Phi) is 3.49. The number of methoxy groups -OCH3 is 1. The molecule has 24 heavy (non-hydrogen) atoms. The van der Waals surface area contributed by atoms with Gasteiger partial charge in [0.15, 0.2) is 0 Å². The van der Waals surface area contributed by atoms with E-state index in [1.54, 1.807) is 18.2 Å². The molecule has 4 rings (SSSR count). The van der Waals surface area contributed by atoms with Gasteiger partial charge in [0.05, 0.1) is 19.2 Å². The molecule has 0 bridgehead atoms. The van der Waals surface area contributed by atoms with E-state index in [0.29, 0.717) is 11.4 Å². The first-order chi connectivity index (χ1) is 11.7. The average molecular weight is 322 g/mol. The van der Waals surface area contributed by atoms with Crippen molar-refractivity contribution in [1.29, 1.82) is 0 Å². The molecule has 0 radical (unpaired) electrons. The monoisotopic (exact) mass is 322 g/mol. The molecule has 2 aromatic rings. The Bertz CT molecular complexity index is 818. The summed E-state index contributed by atoms with van der Waals surface area (Å²) in [6, 6.07) is 14.8. The summed E-state index contributed by atoms with van der Waals surface area (Å²) < 4.78 is 5.31. The molecule has 0 N–H and O–H groups in total. The SMILES string of the molecule is COc1ccccc1N1C(=O)C[C@H](N2CCc3ccccc32)C1=O. The number of benzene rings is 2. The molecule has 2 aliphatic heterocycles. The van der Waals surface area contributed by atoms with Crippen LogP contribution in [0.25, 0.3) is 0 Å². The van der Waals surface area contributed by atoms with Gasteiger partial charge in [-0.15, -0.1) is 0 Å². The molecule has 2 aliphatic rings.